The molecule has 4 heteroatoms. The van der Waals surface area contributed by atoms with Gasteiger partial charge in [-0.2, -0.15) is 0 Å². The van der Waals surface area contributed by atoms with Crippen molar-refractivity contribution in [3.8, 4) is 0 Å². The number of halogens is 1. The lowest BCUT2D eigenvalue weighted by Gasteiger charge is -2.22. The third kappa shape index (κ3) is 2.83. The SMILES string of the molecule is OCCOC1CCCc2oc(C3=CCCCC3)c(I)c21. The van der Waals surface area contributed by atoms with E-state index in [2.05, 4.69) is 28.7 Å². The van der Waals surface area contributed by atoms with Crippen LogP contribution in [0.5, 0.6) is 0 Å². The molecule has 1 N–H and O–H groups in total. The number of fused-ring (bicyclic) bond motifs is 1. The smallest absolute Gasteiger partial charge is 0.143 e. The van der Waals surface area contributed by atoms with Crippen LogP contribution in [0, 0.1) is 3.57 Å². The van der Waals surface area contributed by atoms with Gasteiger partial charge in [-0.15, -0.1) is 0 Å². The molecule has 0 radical (unpaired) electrons. The van der Waals surface area contributed by atoms with E-state index >= 15 is 0 Å². The van der Waals surface area contributed by atoms with Crippen LogP contribution in [-0.4, -0.2) is 18.3 Å². The maximum Gasteiger partial charge on any atom is 0.143 e. The lowest BCUT2D eigenvalue weighted by atomic mass is 9.94. The number of ether oxygens (including phenoxy) is 1. The van der Waals surface area contributed by atoms with E-state index in [0.717, 1.165) is 37.2 Å². The molecule has 2 aliphatic rings. The van der Waals surface area contributed by atoms with Gasteiger partial charge in [-0.1, -0.05) is 6.08 Å². The van der Waals surface area contributed by atoms with Crippen molar-refractivity contribution in [3.05, 3.63) is 26.7 Å². The summed E-state index contributed by atoms with van der Waals surface area (Å²) in [6.07, 6.45) is 10.4. The molecular weight excluding hydrogens is 367 g/mol. The number of furan rings is 1. The Kier molecular flexibility index (Phi) is 4.83. The molecule has 0 amide bonds. The molecule has 1 unspecified atom stereocenters. The molecule has 0 saturated heterocycles. The van der Waals surface area contributed by atoms with E-state index in [0.29, 0.717) is 6.61 Å². The first kappa shape index (κ1) is 14.6. The van der Waals surface area contributed by atoms with Gasteiger partial charge in [0.05, 0.1) is 22.9 Å². The molecule has 2 aliphatic carbocycles. The van der Waals surface area contributed by atoms with Crippen molar-refractivity contribution in [1.82, 2.24) is 0 Å². The molecule has 0 spiro atoms. The highest BCUT2D eigenvalue weighted by Crippen LogP contribution is 2.42. The summed E-state index contributed by atoms with van der Waals surface area (Å²) in [5, 5.41) is 8.96. The van der Waals surface area contributed by atoms with Crippen LogP contribution in [-0.2, 0) is 11.2 Å². The molecule has 20 heavy (non-hydrogen) atoms. The fourth-order valence-corrected chi connectivity index (χ4v) is 4.28. The second kappa shape index (κ2) is 6.62. The van der Waals surface area contributed by atoms with E-state index in [1.807, 2.05) is 0 Å². The number of rotatable bonds is 4. The van der Waals surface area contributed by atoms with Crippen LogP contribution >= 0.6 is 22.6 Å². The highest BCUT2D eigenvalue weighted by molar-refractivity contribution is 14.1. The van der Waals surface area contributed by atoms with Crippen molar-refractivity contribution in [3.63, 3.8) is 0 Å². The van der Waals surface area contributed by atoms with Gasteiger partial charge >= 0.3 is 0 Å². The van der Waals surface area contributed by atoms with Crippen LogP contribution in [0.3, 0.4) is 0 Å². The monoisotopic (exact) mass is 388 g/mol. The quantitative estimate of drug-likeness (QED) is 0.786. The summed E-state index contributed by atoms with van der Waals surface area (Å²) in [6, 6.07) is 0. The van der Waals surface area contributed by atoms with E-state index < -0.39 is 0 Å². The van der Waals surface area contributed by atoms with E-state index in [9.17, 15) is 0 Å². The molecule has 110 valence electrons. The zero-order chi connectivity index (χ0) is 13.9. The Bertz CT molecular complexity index is 504. The average molecular weight is 388 g/mol. The molecular formula is C16H21IO3. The van der Waals surface area contributed by atoms with E-state index in [1.54, 1.807) is 0 Å². The standard InChI is InChI=1S/C16H21IO3/c17-15-14-12(19-10-9-18)7-4-8-13(14)20-16(15)11-5-2-1-3-6-11/h5,12,18H,1-4,6-10H2. The molecule has 3 rings (SSSR count). The third-order valence-electron chi connectivity index (χ3n) is 4.15. The molecule has 1 atom stereocenters. The number of aliphatic hydroxyl groups excluding tert-OH is 1. The molecule has 0 aromatic carbocycles. The molecule has 1 aromatic heterocycles. The van der Waals surface area contributed by atoms with Crippen molar-refractivity contribution in [2.24, 2.45) is 0 Å². The third-order valence-corrected chi connectivity index (χ3v) is 5.22. The van der Waals surface area contributed by atoms with E-state index in [1.165, 1.54) is 34.0 Å². The van der Waals surface area contributed by atoms with Gasteiger partial charge in [0.2, 0.25) is 0 Å². The van der Waals surface area contributed by atoms with Crippen molar-refractivity contribution in [2.75, 3.05) is 13.2 Å². The van der Waals surface area contributed by atoms with Crippen molar-refractivity contribution < 1.29 is 14.3 Å². The normalized spacial score (nSPS) is 22.5. The predicted octanol–water partition coefficient (Wildman–Crippen LogP) is 4.23. The molecule has 0 saturated carbocycles. The second-order valence-corrected chi connectivity index (χ2v) is 6.61. The van der Waals surface area contributed by atoms with Gasteiger partial charge in [-0.05, 0) is 66.7 Å². The summed E-state index contributed by atoms with van der Waals surface area (Å²) in [5.41, 5.74) is 2.61. The highest BCUT2D eigenvalue weighted by atomic mass is 127. The maximum atomic E-state index is 8.96. The summed E-state index contributed by atoms with van der Waals surface area (Å²) in [5.74, 6) is 2.18. The topological polar surface area (TPSA) is 42.6 Å². The fraction of sp³-hybridized carbons (Fsp3) is 0.625. The van der Waals surface area contributed by atoms with Gasteiger partial charge in [0.25, 0.3) is 0 Å². The fourth-order valence-electron chi connectivity index (χ4n) is 3.18. The average Bonchev–Trinajstić information content (AvgIpc) is 2.84. The number of allylic oxidation sites excluding steroid dienone is 2. The van der Waals surface area contributed by atoms with Crippen molar-refractivity contribution in [2.45, 2.75) is 51.0 Å². The highest BCUT2D eigenvalue weighted by Gasteiger charge is 2.30. The number of aryl methyl sites for hydroxylation is 1. The largest absolute Gasteiger partial charge is 0.460 e. The van der Waals surface area contributed by atoms with Crippen LogP contribution in [0.15, 0.2) is 10.5 Å². The Balaban J connectivity index is 1.91. The molecule has 0 fully saturated rings. The Morgan fingerprint density at radius 2 is 2.20 bits per heavy atom. The van der Waals surface area contributed by atoms with Crippen molar-refractivity contribution in [1.29, 1.82) is 0 Å². The second-order valence-electron chi connectivity index (χ2n) is 5.53. The Morgan fingerprint density at radius 3 is 2.95 bits per heavy atom. The first-order valence-electron chi connectivity index (χ1n) is 7.54. The first-order valence-corrected chi connectivity index (χ1v) is 8.62. The summed E-state index contributed by atoms with van der Waals surface area (Å²) in [4.78, 5) is 0. The minimum Gasteiger partial charge on any atom is -0.460 e. The van der Waals surface area contributed by atoms with Crippen molar-refractivity contribution >= 4 is 28.2 Å². The summed E-state index contributed by atoms with van der Waals surface area (Å²) < 4.78 is 13.2. The van der Waals surface area contributed by atoms with Crippen LogP contribution in [0.2, 0.25) is 0 Å². The molecule has 0 bridgehead atoms. The first-order chi connectivity index (χ1) is 9.81. The molecule has 3 nitrogen and oxygen atoms in total. The van der Waals surface area contributed by atoms with Gasteiger partial charge in [-0.3, -0.25) is 0 Å². The Hall–Kier alpha value is -0.330. The number of aliphatic hydroxyl groups is 1. The number of hydrogen-bond acceptors (Lipinski definition) is 3. The van der Waals surface area contributed by atoms with Gasteiger partial charge in [0, 0.05) is 12.0 Å². The lowest BCUT2D eigenvalue weighted by molar-refractivity contribution is 0.0167. The Labute approximate surface area is 133 Å². The summed E-state index contributed by atoms with van der Waals surface area (Å²) >= 11 is 2.41. The molecule has 1 heterocycles. The van der Waals surface area contributed by atoms with Crippen LogP contribution in [0.1, 0.15) is 61.7 Å². The summed E-state index contributed by atoms with van der Waals surface area (Å²) in [7, 11) is 0. The van der Waals surface area contributed by atoms with Crippen LogP contribution < -0.4 is 0 Å². The summed E-state index contributed by atoms with van der Waals surface area (Å²) in [6.45, 7) is 0.488. The zero-order valence-electron chi connectivity index (χ0n) is 11.7. The van der Waals surface area contributed by atoms with E-state index in [4.69, 9.17) is 14.3 Å². The Morgan fingerprint density at radius 1 is 1.30 bits per heavy atom. The van der Waals surface area contributed by atoms with Gasteiger partial charge in [0.1, 0.15) is 11.5 Å². The van der Waals surface area contributed by atoms with Gasteiger partial charge in [0.15, 0.2) is 0 Å². The molecule has 1 aromatic rings. The minimum atomic E-state index is 0.0816. The maximum absolute atomic E-state index is 8.96. The van der Waals surface area contributed by atoms with Gasteiger partial charge < -0.3 is 14.3 Å². The lowest BCUT2D eigenvalue weighted by Crippen LogP contribution is -2.14. The predicted molar refractivity (Wildman–Crippen MR) is 86.6 cm³/mol. The van der Waals surface area contributed by atoms with Crippen LogP contribution in [0.4, 0.5) is 0 Å². The molecule has 0 aliphatic heterocycles. The van der Waals surface area contributed by atoms with Gasteiger partial charge in [-0.25, -0.2) is 0 Å². The number of hydrogen-bond donors (Lipinski definition) is 1. The zero-order valence-corrected chi connectivity index (χ0v) is 13.8. The van der Waals surface area contributed by atoms with E-state index in [-0.39, 0.29) is 12.7 Å². The minimum absolute atomic E-state index is 0.0816. The van der Waals surface area contributed by atoms with Crippen LogP contribution in [0.25, 0.3) is 5.57 Å².